The molecular weight excluding hydrogens is 260 g/mol. The molecule has 4 nitrogen and oxygen atoms in total. The quantitative estimate of drug-likeness (QED) is 0.753. The first-order chi connectivity index (χ1) is 9.03. The highest BCUT2D eigenvalue weighted by atomic mass is 32.2. The summed E-state index contributed by atoms with van der Waals surface area (Å²) in [5.74, 6) is 2.62. The van der Waals surface area contributed by atoms with Crippen molar-refractivity contribution in [2.45, 2.75) is 37.6 Å². The minimum Gasteiger partial charge on any atom is -0.381 e. The molecule has 19 heavy (non-hydrogen) atoms. The van der Waals surface area contributed by atoms with E-state index in [9.17, 15) is 8.42 Å². The van der Waals surface area contributed by atoms with Crippen molar-refractivity contribution in [1.82, 2.24) is 4.72 Å². The van der Waals surface area contributed by atoms with Gasteiger partial charge in [-0.25, -0.2) is 13.1 Å². The third-order valence-corrected chi connectivity index (χ3v) is 4.29. The second-order valence-corrected chi connectivity index (χ2v) is 5.95. The number of nitrogens with one attached hydrogen (secondary N) is 2. The molecule has 0 aliphatic heterocycles. The summed E-state index contributed by atoms with van der Waals surface area (Å²) >= 11 is 0. The van der Waals surface area contributed by atoms with Crippen molar-refractivity contribution in [2.75, 3.05) is 11.9 Å². The van der Waals surface area contributed by atoms with Crippen LogP contribution < -0.4 is 10.0 Å². The summed E-state index contributed by atoms with van der Waals surface area (Å²) < 4.78 is 26.0. The minimum absolute atomic E-state index is 0.209. The molecule has 104 valence electrons. The number of hydrogen-bond donors (Lipinski definition) is 2. The standard InChI is InChI=1S/C14H20N2O2S/c1-4-7-12(5-2)16-13-8-10-14(11-9-13)19(17,18)15-6-3/h1,8-12,15-16H,5-7H2,2-3H3. The predicted octanol–water partition coefficient (Wildman–Crippen LogP) is 2.20. The third-order valence-electron chi connectivity index (χ3n) is 2.73. The van der Waals surface area contributed by atoms with E-state index in [0.717, 1.165) is 12.1 Å². The van der Waals surface area contributed by atoms with Gasteiger partial charge in [-0.15, -0.1) is 12.3 Å². The van der Waals surface area contributed by atoms with Gasteiger partial charge in [0.1, 0.15) is 0 Å². The molecule has 1 atom stereocenters. The highest BCUT2D eigenvalue weighted by Crippen LogP contribution is 2.16. The second-order valence-electron chi connectivity index (χ2n) is 4.18. The fraction of sp³-hybridized carbons (Fsp3) is 0.429. The number of anilines is 1. The normalized spacial score (nSPS) is 12.7. The van der Waals surface area contributed by atoms with Gasteiger partial charge in [0.25, 0.3) is 0 Å². The van der Waals surface area contributed by atoms with Crippen LogP contribution in [0.15, 0.2) is 29.2 Å². The van der Waals surface area contributed by atoms with Crippen LogP contribution in [0.25, 0.3) is 0 Å². The lowest BCUT2D eigenvalue weighted by molar-refractivity contribution is 0.584. The van der Waals surface area contributed by atoms with E-state index < -0.39 is 10.0 Å². The Morgan fingerprint density at radius 3 is 2.37 bits per heavy atom. The largest absolute Gasteiger partial charge is 0.381 e. The lowest BCUT2D eigenvalue weighted by atomic mass is 10.1. The highest BCUT2D eigenvalue weighted by Gasteiger charge is 2.12. The van der Waals surface area contributed by atoms with Gasteiger partial charge in [-0.3, -0.25) is 0 Å². The van der Waals surface area contributed by atoms with Crippen LogP contribution >= 0.6 is 0 Å². The van der Waals surface area contributed by atoms with Crippen molar-refractivity contribution in [1.29, 1.82) is 0 Å². The summed E-state index contributed by atoms with van der Waals surface area (Å²) in [6.07, 6.45) is 6.86. The molecule has 0 saturated heterocycles. The van der Waals surface area contributed by atoms with E-state index in [1.165, 1.54) is 0 Å². The molecule has 0 aromatic heterocycles. The van der Waals surface area contributed by atoms with E-state index in [1.54, 1.807) is 31.2 Å². The number of terminal acetylenes is 1. The summed E-state index contributed by atoms with van der Waals surface area (Å²) in [5.41, 5.74) is 0.873. The molecule has 0 amide bonds. The van der Waals surface area contributed by atoms with E-state index in [1.807, 2.05) is 0 Å². The zero-order valence-electron chi connectivity index (χ0n) is 11.3. The first-order valence-electron chi connectivity index (χ1n) is 6.33. The number of rotatable bonds is 7. The van der Waals surface area contributed by atoms with Crippen molar-refractivity contribution in [3.8, 4) is 12.3 Å². The van der Waals surface area contributed by atoms with Crippen LogP contribution in [0, 0.1) is 12.3 Å². The molecule has 2 N–H and O–H groups in total. The molecule has 0 radical (unpaired) electrons. The van der Waals surface area contributed by atoms with Crippen LogP contribution in [-0.2, 0) is 10.0 Å². The van der Waals surface area contributed by atoms with Gasteiger partial charge in [0.15, 0.2) is 0 Å². The molecule has 0 aliphatic rings. The first-order valence-corrected chi connectivity index (χ1v) is 7.81. The van der Waals surface area contributed by atoms with Crippen molar-refractivity contribution >= 4 is 15.7 Å². The Kier molecular flexibility index (Phi) is 5.87. The van der Waals surface area contributed by atoms with E-state index in [0.29, 0.717) is 13.0 Å². The van der Waals surface area contributed by atoms with E-state index in [-0.39, 0.29) is 10.9 Å². The summed E-state index contributed by atoms with van der Waals surface area (Å²) in [6, 6.07) is 6.89. The summed E-state index contributed by atoms with van der Waals surface area (Å²) in [5, 5.41) is 3.28. The zero-order chi connectivity index (χ0) is 14.3. The van der Waals surface area contributed by atoms with Gasteiger partial charge in [0, 0.05) is 24.7 Å². The summed E-state index contributed by atoms with van der Waals surface area (Å²) in [6.45, 7) is 4.18. The van der Waals surface area contributed by atoms with Crippen LogP contribution in [0.3, 0.4) is 0 Å². The maximum absolute atomic E-state index is 11.8. The van der Waals surface area contributed by atoms with Crippen molar-refractivity contribution in [2.24, 2.45) is 0 Å². The molecule has 1 rings (SSSR count). The molecular formula is C14H20N2O2S. The number of benzene rings is 1. The Morgan fingerprint density at radius 1 is 1.26 bits per heavy atom. The Morgan fingerprint density at radius 2 is 1.89 bits per heavy atom. The molecule has 0 spiro atoms. The van der Waals surface area contributed by atoms with Gasteiger partial charge in [0.2, 0.25) is 10.0 Å². The predicted molar refractivity (Wildman–Crippen MR) is 78.5 cm³/mol. The molecule has 0 aliphatic carbocycles. The third kappa shape index (κ3) is 4.58. The minimum atomic E-state index is -3.38. The van der Waals surface area contributed by atoms with Crippen molar-refractivity contribution in [3.63, 3.8) is 0 Å². The fourth-order valence-electron chi connectivity index (χ4n) is 1.68. The van der Waals surface area contributed by atoms with E-state index in [4.69, 9.17) is 6.42 Å². The average molecular weight is 280 g/mol. The van der Waals surface area contributed by atoms with Gasteiger partial charge in [0.05, 0.1) is 4.90 Å². The Hall–Kier alpha value is -1.51. The Labute approximate surface area is 115 Å². The van der Waals surface area contributed by atoms with Gasteiger partial charge in [-0.1, -0.05) is 13.8 Å². The number of sulfonamides is 1. The topological polar surface area (TPSA) is 58.2 Å². The summed E-state index contributed by atoms with van der Waals surface area (Å²) in [4.78, 5) is 0.268. The molecule has 1 aromatic carbocycles. The van der Waals surface area contributed by atoms with E-state index in [2.05, 4.69) is 22.9 Å². The summed E-state index contributed by atoms with van der Waals surface area (Å²) in [7, 11) is -3.38. The van der Waals surface area contributed by atoms with Crippen molar-refractivity contribution in [3.05, 3.63) is 24.3 Å². The maximum Gasteiger partial charge on any atom is 0.240 e. The molecule has 1 aromatic rings. The van der Waals surface area contributed by atoms with Gasteiger partial charge in [-0.05, 0) is 30.7 Å². The van der Waals surface area contributed by atoms with Gasteiger partial charge in [-0.2, -0.15) is 0 Å². The lowest BCUT2D eigenvalue weighted by Gasteiger charge is -2.16. The number of hydrogen-bond acceptors (Lipinski definition) is 3. The lowest BCUT2D eigenvalue weighted by Crippen LogP contribution is -2.23. The first kappa shape index (κ1) is 15.5. The molecule has 0 heterocycles. The maximum atomic E-state index is 11.8. The highest BCUT2D eigenvalue weighted by molar-refractivity contribution is 7.89. The van der Waals surface area contributed by atoms with Gasteiger partial charge < -0.3 is 5.32 Å². The monoisotopic (exact) mass is 280 g/mol. The SMILES string of the molecule is C#CCC(CC)Nc1ccc(S(=O)(=O)NCC)cc1. The van der Waals surface area contributed by atoms with Gasteiger partial charge >= 0.3 is 0 Å². The molecule has 0 saturated carbocycles. The van der Waals surface area contributed by atoms with Crippen LogP contribution in [-0.4, -0.2) is 21.0 Å². The van der Waals surface area contributed by atoms with Crippen LogP contribution in [0.1, 0.15) is 26.7 Å². The average Bonchev–Trinajstić information content (AvgIpc) is 2.39. The van der Waals surface area contributed by atoms with Crippen molar-refractivity contribution < 1.29 is 8.42 Å². The smallest absolute Gasteiger partial charge is 0.240 e. The molecule has 0 bridgehead atoms. The Balaban J connectivity index is 2.80. The molecule has 5 heteroatoms. The fourth-order valence-corrected chi connectivity index (χ4v) is 2.72. The Bertz CT molecular complexity index is 530. The van der Waals surface area contributed by atoms with E-state index >= 15 is 0 Å². The van der Waals surface area contributed by atoms with Crippen LogP contribution in [0.5, 0.6) is 0 Å². The molecule has 0 fully saturated rings. The molecule has 1 unspecified atom stereocenters. The zero-order valence-corrected chi connectivity index (χ0v) is 12.1. The van der Waals surface area contributed by atoms with Crippen LogP contribution in [0.2, 0.25) is 0 Å². The second kappa shape index (κ2) is 7.17. The van der Waals surface area contributed by atoms with Crippen LogP contribution in [0.4, 0.5) is 5.69 Å².